The van der Waals surface area contributed by atoms with Gasteiger partial charge in [0.05, 0.1) is 11.6 Å². The molecule has 1 heterocycles. The second-order valence-corrected chi connectivity index (χ2v) is 3.49. The van der Waals surface area contributed by atoms with E-state index in [9.17, 15) is 4.79 Å². The Balaban J connectivity index is 2.51. The maximum Gasteiger partial charge on any atom is 0.217 e. The monoisotopic (exact) mass is 157 g/mol. The molecule has 0 saturated carbocycles. The first-order valence-corrected chi connectivity index (χ1v) is 3.93. The van der Waals surface area contributed by atoms with Gasteiger partial charge in [-0.25, -0.2) is 0 Å². The van der Waals surface area contributed by atoms with Crippen LogP contribution in [0.5, 0.6) is 0 Å². The van der Waals surface area contributed by atoms with E-state index in [0.29, 0.717) is 0 Å². The number of nitrogens with one attached hydrogen (secondary N) is 1. The molecule has 1 aliphatic rings. The summed E-state index contributed by atoms with van der Waals surface area (Å²) in [5.41, 5.74) is -0.189. The molecule has 0 aromatic carbocycles. The molecule has 3 heteroatoms. The summed E-state index contributed by atoms with van der Waals surface area (Å²) in [6, 6.07) is 0.181. The van der Waals surface area contributed by atoms with Crippen LogP contribution in [0.4, 0.5) is 0 Å². The summed E-state index contributed by atoms with van der Waals surface area (Å²) in [6.07, 6.45) is 0.923. The van der Waals surface area contributed by atoms with Crippen LogP contribution in [0.3, 0.4) is 0 Å². The molecule has 0 bridgehead atoms. The van der Waals surface area contributed by atoms with Crippen molar-refractivity contribution < 1.29 is 9.53 Å². The molecule has 11 heavy (non-hydrogen) atoms. The highest BCUT2D eigenvalue weighted by atomic mass is 16.5. The van der Waals surface area contributed by atoms with Crippen LogP contribution in [0.2, 0.25) is 0 Å². The summed E-state index contributed by atoms with van der Waals surface area (Å²) in [7, 11) is 0. The van der Waals surface area contributed by atoms with Crippen molar-refractivity contribution in [1.29, 1.82) is 0 Å². The Bertz CT molecular complexity index is 165. The average Bonchev–Trinajstić information content (AvgIpc) is 2.10. The third-order valence-electron chi connectivity index (χ3n) is 2.10. The van der Waals surface area contributed by atoms with Crippen molar-refractivity contribution in [3.63, 3.8) is 0 Å². The lowest BCUT2D eigenvalue weighted by molar-refractivity contribution is -0.120. The zero-order chi connectivity index (χ0) is 8.48. The molecule has 1 atom stereocenters. The predicted molar refractivity (Wildman–Crippen MR) is 42.3 cm³/mol. The van der Waals surface area contributed by atoms with Crippen molar-refractivity contribution >= 4 is 5.91 Å². The van der Waals surface area contributed by atoms with Gasteiger partial charge < -0.3 is 10.1 Å². The summed E-state index contributed by atoms with van der Waals surface area (Å²) in [6.45, 7) is 6.29. The number of hydrogen-bond acceptors (Lipinski definition) is 2. The molecule has 1 rings (SSSR count). The molecule has 0 aliphatic carbocycles. The van der Waals surface area contributed by atoms with Gasteiger partial charge in [-0.15, -0.1) is 0 Å². The normalized spacial score (nSPS) is 28.5. The van der Waals surface area contributed by atoms with Gasteiger partial charge in [-0.1, -0.05) is 0 Å². The van der Waals surface area contributed by atoms with Crippen molar-refractivity contribution in [2.24, 2.45) is 0 Å². The summed E-state index contributed by atoms with van der Waals surface area (Å²) < 4.78 is 5.44. The molecule has 1 saturated heterocycles. The molecular weight excluding hydrogens is 142 g/mol. The maximum atomic E-state index is 10.7. The van der Waals surface area contributed by atoms with Crippen LogP contribution >= 0.6 is 0 Å². The second-order valence-electron chi connectivity index (χ2n) is 3.49. The standard InChI is InChI=1S/C8H15NO2/c1-6(10)9-7-4-5-11-8(7,2)3/h7H,4-5H2,1-3H3,(H,9,10). The lowest BCUT2D eigenvalue weighted by atomic mass is 9.99. The van der Waals surface area contributed by atoms with Crippen LogP contribution < -0.4 is 5.32 Å². The molecule has 0 aromatic rings. The highest BCUT2D eigenvalue weighted by Crippen LogP contribution is 2.24. The van der Waals surface area contributed by atoms with Crippen LogP contribution in [-0.4, -0.2) is 24.2 Å². The Morgan fingerprint density at radius 3 is 2.64 bits per heavy atom. The number of carbonyl (C=O) groups is 1. The van der Waals surface area contributed by atoms with E-state index in [0.717, 1.165) is 13.0 Å². The van der Waals surface area contributed by atoms with E-state index in [2.05, 4.69) is 5.32 Å². The Labute approximate surface area is 67.1 Å². The van der Waals surface area contributed by atoms with Gasteiger partial charge in [0.25, 0.3) is 0 Å². The third kappa shape index (κ3) is 1.93. The van der Waals surface area contributed by atoms with E-state index in [1.54, 1.807) is 0 Å². The quantitative estimate of drug-likeness (QED) is 0.608. The van der Waals surface area contributed by atoms with Crippen molar-refractivity contribution in [2.45, 2.75) is 38.8 Å². The van der Waals surface area contributed by atoms with E-state index in [1.807, 2.05) is 13.8 Å². The molecular formula is C8H15NO2. The van der Waals surface area contributed by atoms with Gasteiger partial charge in [0, 0.05) is 13.5 Å². The lowest BCUT2D eigenvalue weighted by Crippen LogP contribution is -2.45. The molecule has 1 fully saturated rings. The highest BCUT2D eigenvalue weighted by Gasteiger charge is 2.35. The minimum absolute atomic E-state index is 0.0218. The van der Waals surface area contributed by atoms with E-state index in [1.165, 1.54) is 6.92 Å². The molecule has 0 aromatic heterocycles. The van der Waals surface area contributed by atoms with Crippen LogP contribution in [-0.2, 0) is 9.53 Å². The first-order valence-electron chi connectivity index (χ1n) is 3.93. The smallest absolute Gasteiger partial charge is 0.217 e. The fourth-order valence-corrected chi connectivity index (χ4v) is 1.38. The molecule has 64 valence electrons. The fraction of sp³-hybridized carbons (Fsp3) is 0.875. The Morgan fingerprint density at radius 2 is 2.27 bits per heavy atom. The van der Waals surface area contributed by atoms with E-state index in [-0.39, 0.29) is 17.6 Å². The Kier molecular flexibility index (Phi) is 2.18. The summed E-state index contributed by atoms with van der Waals surface area (Å²) >= 11 is 0. The number of amides is 1. The van der Waals surface area contributed by atoms with E-state index in [4.69, 9.17) is 4.74 Å². The van der Waals surface area contributed by atoms with Gasteiger partial charge in [-0.3, -0.25) is 4.79 Å². The van der Waals surface area contributed by atoms with Crippen molar-refractivity contribution in [1.82, 2.24) is 5.32 Å². The van der Waals surface area contributed by atoms with Gasteiger partial charge in [-0.05, 0) is 20.3 Å². The van der Waals surface area contributed by atoms with Crippen LogP contribution in [0.1, 0.15) is 27.2 Å². The molecule has 1 amide bonds. The summed E-state index contributed by atoms with van der Waals surface area (Å²) in [5, 5.41) is 2.87. The second kappa shape index (κ2) is 2.81. The van der Waals surface area contributed by atoms with Crippen molar-refractivity contribution in [3.8, 4) is 0 Å². The first-order chi connectivity index (χ1) is 5.02. The van der Waals surface area contributed by atoms with Crippen LogP contribution in [0.15, 0.2) is 0 Å². The van der Waals surface area contributed by atoms with Gasteiger partial charge in [0.15, 0.2) is 0 Å². The highest BCUT2D eigenvalue weighted by molar-refractivity contribution is 5.73. The topological polar surface area (TPSA) is 38.3 Å². The minimum atomic E-state index is -0.189. The van der Waals surface area contributed by atoms with E-state index < -0.39 is 0 Å². The number of carbonyl (C=O) groups excluding carboxylic acids is 1. The lowest BCUT2D eigenvalue weighted by Gasteiger charge is -2.25. The predicted octanol–water partition coefficient (Wildman–Crippen LogP) is 0.690. The molecule has 0 radical (unpaired) electrons. The molecule has 3 nitrogen and oxygen atoms in total. The summed E-state index contributed by atoms with van der Waals surface area (Å²) in [4.78, 5) is 10.7. The van der Waals surface area contributed by atoms with Gasteiger partial charge in [0.2, 0.25) is 5.91 Å². The van der Waals surface area contributed by atoms with Crippen molar-refractivity contribution in [3.05, 3.63) is 0 Å². The first kappa shape index (κ1) is 8.53. The fourth-order valence-electron chi connectivity index (χ4n) is 1.38. The summed E-state index contributed by atoms with van der Waals surface area (Å²) in [5.74, 6) is 0.0218. The Morgan fingerprint density at radius 1 is 1.64 bits per heavy atom. The number of rotatable bonds is 1. The SMILES string of the molecule is CC(=O)NC1CCOC1(C)C. The van der Waals surface area contributed by atoms with E-state index >= 15 is 0 Å². The Hall–Kier alpha value is -0.570. The molecule has 1 unspecified atom stereocenters. The minimum Gasteiger partial charge on any atom is -0.373 e. The zero-order valence-corrected chi connectivity index (χ0v) is 7.31. The van der Waals surface area contributed by atoms with Gasteiger partial charge in [0.1, 0.15) is 0 Å². The molecule has 0 spiro atoms. The largest absolute Gasteiger partial charge is 0.373 e. The van der Waals surface area contributed by atoms with Crippen LogP contribution in [0, 0.1) is 0 Å². The molecule has 1 N–H and O–H groups in total. The van der Waals surface area contributed by atoms with Gasteiger partial charge in [-0.2, -0.15) is 0 Å². The molecule has 1 aliphatic heterocycles. The van der Waals surface area contributed by atoms with Gasteiger partial charge >= 0.3 is 0 Å². The van der Waals surface area contributed by atoms with Crippen molar-refractivity contribution in [2.75, 3.05) is 6.61 Å². The maximum absolute atomic E-state index is 10.7. The van der Waals surface area contributed by atoms with Crippen LogP contribution in [0.25, 0.3) is 0 Å². The zero-order valence-electron chi connectivity index (χ0n) is 7.31. The third-order valence-corrected chi connectivity index (χ3v) is 2.10. The number of ether oxygens (including phenoxy) is 1. The average molecular weight is 157 g/mol. The number of hydrogen-bond donors (Lipinski definition) is 1.